The van der Waals surface area contributed by atoms with Crippen LogP contribution in [0.25, 0.3) is 11.1 Å². The van der Waals surface area contributed by atoms with E-state index in [2.05, 4.69) is 29.5 Å². The predicted molar refractivity (Wildman–Crippen MR) is 139 cm³/mol. The van der Waals surface area contributed by atoms with Crippen molar-refractivity contribution in [1.82, 2.24) is 10.3 Å². The number of aryl methyl sites for hydroxylation is 3. The lowest BCUT2D eigenvalue weighted by Crippen LogP contribution is -2.37. The van der Waals surface area contributed by atoms with Gasteiger partial charge in [-0.05, 0) is 97.7 Å². The van der Waals surface area contributed by atoms with Crippen LogP contribution in [0.4, 0.5) is 5.69 Å². The van der Waals surface area contributed by atoms with Crippen LogP contribution in [0.3, 0.4) is 0 Å². The van der Waals surface area contributed by atoms with E-state index in [-0.39, 0.29) is 17.6 Å². The highest BCUT2D eigenvalue weighted by atomic mass is 35.5. The molecule has 4 aromatic rings. The largest absolute Gasteiger partial charge is 0.483 e. The minimum absolute atomic E-state index is 0.160. The summed E-state index contributed by atoms with van der Waals surface area (Å²) >= 11 is 11.2. The molecule has 0 bridgehead atoms. The Balaban J connectivity index is 1.29. The summed E-state index contributed by atoms with van der Waals surface area (Å²) in [6.07, 6.45) is 0.579. The van der Waals surface area contributed by atoms with Gasteiger partial charge < -0.3 is 14.5 Å². The normalized spacial score (nSPS) is 10.8. The number of aromatic nitrogens is 1. The van der Waals surface area contributed by atoms with Crippen LogP contribution in [-0.4, -0.2) is 22.6 Å². The number of hydrogen-bond donors (Lipinski definition) is 2. The van der Waals surface area contributed by atoms with Crippen molar-refractivity contribution in [2.45, 2.75) is 27.2 Å². The third-order valence-corrected chi connectivity index (χ3v) is 5.80. The maximum Gasteiger partial charge on any atom is 0.264 e. The maximum atomic E-state index is 12.2. The van der Waals surface area contributed by atoms with Crippen molar-refractivity contribution in [3.05, 3.63) is 87.8 Å². The molecule has 1 aromatic heterocycles. The summed E-state index contributed by atoms with van der Waals surface area (Å²) in [6.45, 7) is 5.83. The number of nitrogens with one attached hydrogen (secondary N) is 2. The molecule has 0 aliphatic carbocycles. The van der Waals surface area contributed by atoms with Gasteiger partial charge in [0.15, 0.2) is 23.2 Å². The van der Waals surface area contributed by atoms with Crippen molar-refractivity contribution >= 4 is 51.6 Å². The smallest absolute Gasteiger partial charge is 0.264 e. The van der Waals surface area contributed by atoms with Gasteiger partial charge >= 0.3 is 0 Å². The van der Waals surface area contributed by atoms with Crippen LogP contribution < -0.4 is 15.4 Å². The van der Waals surface area contributed by atoms with Gasteiger partial charge in [0.25, 0.3) is 5.91 Å². The Bertz CT molecular complexity index is 1330. The topological polar surface area (TPSA) is 76.4 Å². The first-order chi connectivity index (χ1) is 16.3. The molecule has 0 fully saturated rings. The number of rotatable bonds is 6. The molecule has 34 heavy (non-hydrogen) atoms. The van der Waals surface area contributed by atoms with E-state index >= 15 is 0 Å². The van der Waals surface area contributed by atoms with Gasteiger partial charge in [0.1, 0.15) is 11.3 Å². The number of oxazole rings is 1. The minimum Gasteiger partial charge on any atom is -0.483 e. The molecule has 0 aliphatic rings. The zero-order chi connectivity index (χ0) is 24.2. The summed E-state index contributed by atoms with van der Waals surface area (Å²) in [5, 5.41) is 6.42. The number of thiocarbonyl (C=S) groups is 1. The molecule has 0 radical (unpaired) electrons. The highest BCUT2D eigenvalue weighted by Gasteiger charge is 2.10. The monoisotopic (exact) mass is 493 g/mol. The summed E-state index contributed by atoms with van der Waals surface area (Å²) in [4.78, 5) is 16.8. The first kappa shape index (κ1) is 23.7. The number of amides is 1. The molecule has 1 heterocycles. The Kier molecular flexibility index (Phi) is 7.14. The molecule has 6 nitrogen and oxygen atoms in total. The summed E-state index contributed by atoms with van der Waals surface area (Å²) in [6, 6.07) is 17.0. The predicted octanol–water partition coefficient (Wildman–Crippen LogP) is 5.89. The van der Waals surface area contributed by atoms with Crippen molar-refractivity contribution in [3.63, 3.8) is 0 Å². The van der Waals surface area contributed by atoms with Crippen LogP contribution in [0.2, 0.25) is 5.02 Å². The highest BCUT2D eigenvalue weighted by molar-refractivity contribution is 7.80. The van der Waals surface area contributed by atoms with Crippen LogP contribution in [0, 0.1) is 20.8 Å². The average Bonchev–Trinajstić information content (AvgIpc) is 3.15. The van der Waals surface area contributed by atoms with Gasteiger partial charge in [-0.2, -0.15) is 0 Å². The van der Waals surface area contributed by atoms with Crippen molar-refractivity contribution in [2.24, 2.45) is 0 Å². The van der Waals surface area contributed by atoms with Crippen molar-refractivity contribution in [2.75, 3.05) is 11.9 Å². The fourth-order valence-electron chi connectivity index (χ4n) is 3.43. The molecule has 3 aromatic carbocycles. The van der Waals surface area contributed by atoms with Gasteiger partial charge in [0, 0.05) is 17.1 Å². The van der Waals surface area contributed by atoms with Crippen LogP contribution in [0.5, 0.6) is 5.75 Å². The van der Waals surface area contributed by atoms with Crippen LogP contribution in [-0.2, 0) is 11.2 Å². The third-order valence-electron chi connectivity index (χ3n) is 5.36. The molecule has 1 amide bonds. The summed E-state index contributed by atoms with van der Waals surface area (Å²) in [5.74, 6) is 0.905. The number of carbonyl (C=O) groups excluding carboxylic acids is 1. The van der Waals surface area contributed by atoms with E-state index in [0.29, 0.717) is 23.1 Å². The summed E-state index contributed by atoms with van der Waals surface area (Å²) in [5.41, 5.74) is 6.70. The van der Waals surface area contributed by atoms with E-state index in [0.717, 1.165) is 27.9 Å². The molecule has 4 rings (SSSR count). The second-order valence-corrected chi connectivity index (χ2v) is 8.93. The van der Waals surface area contributed by atoms with E-state index in [1.54, 1.807) is 18.2 Å². The summed E-state index contributed by atoms with van der Waals surface area (Å²) < 4.78 is 11.4. The number of hydrogen-bond acceptors (Lipinski definition) is 5. The Morgan fingerprint density at radius 1 is 1.03 bits per heavy atom. The van der Waals surface area contributed by atoms with Gasteiger partial charge in [0.05, 0.1) is 0 Å². The molecule has 0 atom stereocenters. The van der Waals surface area contributed by atoms with E-state index in [9.17, 15) is 4.79 Å². The Hall–Kier alpha value is -3.42. The zero-order valence-corrected chi connectivity index (χ0v) is 20.6. The SMILES string of the molecule is Cc1cc2nc(Cc3ccc(NC(=S)NC(=O)COc4ccc(Cl)cc4C)cc3)oc2cc1C. The average molecular weight is 494 g/mol. The number of nitrogens with zero attached hydrogens (tertiary/aromatic N) is 1. The lowest BCUT2D eigenvalue weighted by Gasteiger charge is -2.12. The number of carbonyl (C=O) groups is 1. The zero-order valence-electron chi connectivity index (χ0n) is 19.1. The molecule has 0 spiro atoms. The molecule has 0 saturated heterocycles. The molecule has 2 N–H and O–H groups in total. The Morgan fingerprint density at radius 2 is 1.76 bits per heavy atom. The Labute approximate surface area is 208 Å². The first-order valence-corrected chi connectivity index (χ1v) is 11.5. The second-order valence-electron chi connectivity index (χ2n) is 8.09. The van der Waals surface area contributed by atoms with Crippen LogP contribution >= 0.6 is 23.8 Å². The number of benzene rings is 3. The maximum absolute atomic E-state index is 12.2. The molecule has 0 saturated carbocycles. The second kappa shape index (κ2) is 10.2. The van der Waals surface area contributed by atoms with E-state index in [1.807, 2.05) is 43.3 Å². The highest BCUT2D eigenvalue weighted by Crippen LogP contribution is 2.23. The molecule has 0 aliphatic heterocycles. The standard InChI is InChI=1S/C26H24ClN3O3S/c1-15-11-21-23(12-16(15)2)33-25(29-21)13-18-4-7-20(8-5-18)28-26(34)30-24(31)14-32-22-9-6-19(27)10-17(22)3/h4-12H,13-14H2,1-3H3,(H2,28,30,31,34). The van der Waals surface area contributed by atoms with Gasteiger partial charge in [-0.1, -0.05) is 23.7 Å². The fourth-order valence-corrected chi connectivity index (χ4v) is 3.89. The first-order valence-electron chi connectivity index (χ1n) is 10.7. The third kappa shape index (κ3) is 5.92. The van der Waals surface area contributed by atoms with Gasteiger partial charge in [-0.25, -0.2) is 4.98 Å². The van der Waals surface area contributed by atoms with E-state index in [1.165, 1.54) is 11.1 Å². The minimum atomic E-state index is -0.357. The van der Waals surface area contributed by atoms with Crippen molar-refractivity contribution in [3.8, 4) is 5.75 Å². The number of fused-ring (bicyclic) bond motifs is 1. The molecular formula is C26H24ClN3O3S. The quantitative estimate of drug-likeness (QED) is 0.326. The molecular weight excluding hydrogens is 470 g/mol. The van der Waals surface area contributed by atoms with Gasteiger partial charge in [-0.3, -0.25) is 10.1 Å². The number of halogens is 1. The Morgan fingerprint density at radius 3 is 2.50 bits per heavy atom. The lowest BCUT2D eigenvalue weighted by molar-refractivity contribution is -0.121. The molecule has 0 unspecified atom stereocenters. The number of anilines is 1. The molecule has 8 heteroatoms. The molecule has 174 valence electrons. The van der Waals surface area contributed by atoms with E-state index < -0.39 is 0 Å². The van der Waals surface area contributed by atoms with E-state index in [4.69, 9.17) is 33.0 Å². The van der Waals surface area contributed by atoms with Crippen molar-refractivity contribution in [1.29, 1.82) is 0 Å². The number of ether oxygens (including phenoxy) is 1. The van der Waals surface area contributed by atoms with Gasteiger partial charge in [-0.15, -0.1) is 0 Å². The van der Waals surface area contributed by atoms with Gasteiger partial charge in [0.2, 0.25) is 0 Å². The van der Waals surface area contributed by atoms with Crippen LogP contribution in [0.1, 0.15) is 28.1 Å². The van der Waals surface area contributed by atoms with Crippen LogP contribution in [0.15, 0.2) is 59.0 Å². The van der Waals surface area contributed by atoms with Crippen molar-refractivity contribution < 1.29 is 13.9 Å². The fraction of sp³-hybridized carbons (Fsp3) is 0.192. The summed E-state index contributed by atoms with van der Waals surface area (Å²) in [7, 11) is 0. The lowest BCUT2D eigenvalue weighted by atomic mass is 10.1.